The van der Waals surface area contributed by atoms with Gasteiger partial charge in [-0.05, 0) is 84.7 Å². The smallest absolute Gasteiger partial charge is 0.251 e. The highest BCUT2D eigenvalue weighted by Crippen LogP contribution is 2.55. The number of methoxy groups -OCH3 is 1. The number of rotatable bonds is 7. The van der Waals surface area contributed by atoms with Crippen LogP contribution in [0.1, 0.15) is 62.4 Å². The van der Waals surface area contributed by atoms with E-state index in [9.17, 15) is 14.7 Å². The van der Waals surface area contributed by atoms with E-state index in [0.29, 0.717) is 17.9 Å². The monoisotopic (exact) mass is 507 g/mol. The van der Waals surface area contributed by atoms with Gasteiger partial charge in [0.1, 0.15) is 5.75 Å². The third-order valence-corrected chi connectivity index (χ3v) is 9.11. The van der Waals surface area contributed by atoms with Crippen molar-refractivity contribution in [2.75, 3.05) is 14.2 Å². The predicted molar refractivity (Wildman–Crippen MR) is 143 cm³/mol. The van der Waals surface area contributed by atoms with Gasteiger partial charge in [-0.25, -0.2) is 0 Å². The molecular weight excluding hydrogens is 466 g/mol. The average molecular weight is 508 g/mol. The Balaban J connectivity index is 1.44. The number of aliphatic hydroxyl groups excluding tert-OH is 1. The molecule has 7 heteroatoms. The minimum atomic E-state index is -0.597. The molecule has 2 amide bonds. The minimum absolute atomic E-state index is 0.00104. The Hall–Kier alpha value is -2.93. The summed E-state index contributed by atoms with van der Waals surface area (Å²) < 4.78 is 5.20. The first-order valence-corrected chi connectivity index (χ1v) is 13.4. The first-order valence-electron chi connectivity index (χ1n) is 13.4. The van der Waals surface area contributed by atoms with Crippen molar-refractivity contribution in [1.82, 2.24) is 15.2 Å². The van der Waals surface area contributed by atoms with E-state index >= 15 is 0 Å². The standard InChI is InChI=1S/C30H41N3O4/c1-19(29(36)33(4)18-21-7-6-16-31-17-21)24-12-14-30(3)15-13-25(20(2)26(30)27(24)34)32-28(35)22-8-10-23(37-5)11-9-22/h6-11,16-17,19-20,24-27,34H,12-15,18H2,1-5H3,(H,32,35)/t19-,20+,24+,25-,26+,27-,30-/m0/s1. The molecule has 2 aliphatic carbocycles. The number of benzene rings is 1. The number of amides is 2. The Kier molecular flexibility index (Phi) is 8.22. The molecule has 1 heterocycles. The molecule has 0 aliphatic heterocycles. The van der Waals surface area contributed by atoms with Gasteiger partial charge in [0.25, 0.3) is 5.91 Å². The molecular formula is C30H41N3O4. The summed E-state index contributed by atoms with van der Waals surface area (Å²) in [7, 11) is 3.42. The van der Waals surface area contributed by atoms with Crippen LogP contribution in [0.3, 0.4) is 0 Å². The molecule has 2 fully saturated rings. The van der Waals surface area contributed by atoms with Crippen LogP contribution in [0.15, 0.2) is 48.8 Å². The number of ether oxygens (including phenoxy) is 1. The zero-order chi connectivity index (χ0) is 26.7. The number of carbonyl (C=O) groups is 2. The van der Waals surface area contributed by atoms with Gasteiger partial charge in [0.05, 0.1) is 13.2 Å². The van der Waals surface area contributed by atoms with Crippen molar-refractivity contribution < 1.29 is 19.4 Å². The molecule has 2 saturated carbocycles. The molecule has 7 nitrogen and oxygen atoms in total. The molecule has 0 bridgehead atoms. The quantitative estimate of drug-likeness (QED) is 0.583. The number of pyridine rings is 1. The van der Waals surface area contributed by atoms with E-state index in [2.05, 4.69) is 24.1 Å². The van der Waals surface area contributed by atoms with Crippen LogP contribution in [0.2, 0.25) is 0 Å². The van der Waals surface area contributed by atoms with Crippen LogP contribution in [0.4, 0.5) is 0 Å². The van der Waals surface area contributed by atoms with E-state index in [1.54, 1.807) is 48.7 Å². The van der Waals surface area contributed by atoms with Crippen molar-refractivity contribution in [2.45, 2.75) is 65.1 Å². The molecule has 0 spiro atoms. The maximum atomic E-state index is 13.4. The zero-order valence-corrected chi connectivity index (χ0v) is 22.7. The number of hydrogen-bond donors (Lipinski definition) is 2. The number of aromatic nitrogens is 1. The van der Waals surface area contributed by atoms with E-state index < -0.39 is 6.10 Å². The molecule has 0 saturated heterocycles. The lowest BCUT2D eigenvalue weighted by atomic mass is 9.51. The van der Waals surface area contributed by atoms with Gasteiger partial charge < -0.3 is 20.1 Å². The van der Waals surface area contributed by atoms with Crippen LogP contribution in [0, 0.1) is 29.1 Å². The first-order chi connectivity index (χ1) is 17.6. The van der Waals surface area contributed by atoms with Crippen molar-refractivity contribution in [1.29, 1.82) is 0 Å². The van der Waals surface area contributed by atoms with E-state index in [0.717, 1.165) is 31.2 Å². The molecule has 37 heavy (non-hydrogen) atoms. The highest BCUT2D eigenvalue weighted by molar-refractivity contribution is 5.94. The van der Waals surface area contributed by atoms with E-state index in [1.165, 1.54) is 0 Å². The maximum Gasteiger partial charge on any atom is 0.251 e. The van der Waals surface area contributed by atoms with Gasteiger partial charge in [-0.2, -0.15) is 0 Å². The van der Waals surface area contributed by atoms with Crippen LogP contribution in [0.25, 0.3) is 0 Å². The minimum Gasteiger partial charge on any atom is -0.497 e. The molecule has 0 unspecified atom stereocenters. The first kappa shape index (κ1) is 27.1. The van der Waals surface area contributed by atoms with Crippen molar-refractivity contribution >= 4 is 11.8 Å². The Morgan fingerprint density at radius 1 is 1.22 bits per heavy atom. The second-order valence-electron chi connectivity index (χ2n) is 11.4. The van der Waals surface area contributed by atoms with E-state index in [4.69, 9.17) is 4.74 Å². The number of nitrogens with one attached hydrogen (secondary N) is 1. The number of fused-ring (bicyclic) bond motifs is 1. The van der Waals surface area contributed by atoms with Gasteiger partial charge in [0.2, 0.25) is 5.91 Å². The highest BCUT2D eigenvalue weighted by atomic mass is 16.5. The fourth-order valence-electron chi connectivity index (χ4n) is 6.87. The third-order valence-electron chi connectivity index (χ3n) is 9.11. The Bertz CT molecular complexity index is 1080. The average Bonchev–Trinajstić information content (AvgIpc) is 2.90. The molecule has 2 aliphatic rings. The maximum absolute atomic E-state index is 13.4. The summed E-state index contributed by atoms with van der Waals surface area (Å²) in [6.07, 6.45) is 6.55. The topological polar surface area (TPSA) is 91.8 Å². The van der Waals surface area contributed by atoms with Gasteiger partial charge in [-0.3, -0.25) is 14.6 Å². The van der Waals surface area contributed by atoms with Gasteiger partial charge in [0, 0.05) is 43.5 Å². The number of hydrogen-bond acceptors (Lipinski definition) is 5. The summed E-state index contributed by atoms with van der Waals surface area (Å²) in [5.74, 6) is 0.358. The Morgan fingerprint density at radius 2 is 1.92 bits per heavy atom. The molecule has 200 valence electrons. The number of carbonyl (C=O) groups excluding carboxylic acids is 2. The van der Waals surface area contributed by atoms with E-state index in [1.807, 2.05) is 26.1 Å². The summed E-state index contributed by atoms with van der Waals surface area (Å²) in [5.41, 5.74) is 1.58. The van der Waals surface area contributed by atoms with Crippen molar-refractivity contribution in [3.63, 3.8) is 0 Å². The van der Waals surface area contributed by atoms with Gasteiger partial charge in [-0.1, -0.05) is 26.8 Å². The predicted octanol–water partition coefficient (Wildman–Crippen LogP) is 4.31. The molecule has 0 radical (unpaired) electrons. The van der Waals surface area contributed by atoms with Crippen molar-refractivity contribution in [2.24, 2.45) is 29.1 Å². The van der Waals surface area contributed by atoms with Crippen LogP contribution < -0.4 is 10.1 Å². The van der Waals surface area contributed by atoms with Gasteiger partial charge >= 0.3 is 0 Å². The molecule has 2 N–H and O–H groups in total. The summed E-state index contributed by atoms with van der Waals surface area (Å²) in [6, 6.07) is 10.9. The normalized spacial score (nSPS) is 30.1. The SMILES string of the molecule is COc1ccc(C(=O)N[C@H]2CC[C@]3(C)CC[C@H]([C@H](C)C(=O)N(C)Cc4cccnc4)[C@H](O)[C@H]3[C@@H]2C)cc1. The Morgan fingerprint density at radius 3 is 2.57 bits per heavy atom. The molecule has 1 aromatic heterocycles. The lowest BCUT2D eigenvalue weighted by Gasteiger charge is -2.56. The summed E-state index contributed by atoms with van der Waals surface area (Å²) in [4.78, 5) is 32.2. The second kappa shape index (κ2) is 11.2. The van der Waals surface area contributed by atoms with Crippen LogP contribution in [-0.4, -0.2) is 53.1 Å². The van der Waals surface area contributed by atoms with Crippen LogP contribution in [-0.2, 0) is 11.3 Å². The van der Waals surface area contributed by atoms with Gasteiger partial charge in [-0.15, -0.1) is 0 Å². The molecule has 1 aromatic carbocycles. The number of nitrogens with zero attached hydrogens (tertiary/aromatic N) is 2. The van der Waals surface area contributed by atoms with Crippen molar-refractivity contribution in [3.05, 3.63) is 59.9 Å². The molecule has 2 aromatic rings. The van der Waals surface area contributed by atoms with Crippen LogP contribution >= 0.6 is 0 Å². The van der Waals surface area contributed by atoms with Crippen molar-refractivity contribution in [3.8, 4) is 5.75 Å². The largest absolute Gasteiger partial charge is 0.497 e. The van der Waals surface area contributed by atoms with E-state index in [-0.39, 0.29) is 46.9 Å². The Labute approximate surface area is 220 Å². The summed E-state index contributed by atoms with van der Waals surface area (Å²) >= 11 is 0. The highest BCUT2D eigenvalue weighted by Gasteiger charge is 2.54. The molecule has 7 atom stereocenters. The zero-order valence-electron chi connectivity index (χ0n) is 22.7. The third kappa shape index (κ3) is 5.66. The lowest BCUT2D eigenvalue weighted by Crippen LogP contribution is -2.58. The molecule has 4 rings (SSSR count). The number of aliphatic hydroxyl groups is 1. The summed E-state index contributed by atoms with van der Waals surface area (Å²) in [6.45, 7) is 6.87. The second-order valence-corrected chi connectivity index (χ2v) is 11.4. The fraction of sp³-hybridized carbons (Fsp3) is 0.567. The van der Waals surface area contributed by atoms with Gasteiger partial charge in [0.15, 0.2) is 0 Å². The van der Waals surface area contributed by atoms with Crippen LogP contribution in [0.5, 0.6) is 5.75 Å². The summed E-state index contributed by atoms with van der Waals surface area (Å²) in [5, 5.41) is 14.9. The fourth-order valence-corrected chi connectivity index (χ4v) is 6.87. The lowest BCUT2D eigenvalue weighted by molar-refractivity contribution is -0.149.